The van der Waals surface area contributed by atoms with Crippen LogP contribution in [0.15, 0.2) is 58.1 Å². The van der Waals surface area contributed by atoms with Crippen molar-refractivity contribution < 1.29 is 9.53 Å². The maximum atomic E-state index is 10.6. The molecule has 118 valence electrons. The first-order chi connectivity index (χ1) is 10.7. The van der Waals surface area contributed by atoms with Crippen LogP contribution in [0, 0.1) is 5.92 Å². The summed E-state index contributed by atoms with van der Waals surface area (Å²) in [7, 11) is 0. The maximum Gasteiger partial charge on any atom is 0.404 e. The molecule has 0 aromatic carbocycles. The molecule has 22 heavy (non-hydrogen) atoms. The van der Waals surface area contributed by atoms with Gasteiger partial charge in [-0.3, -0.25) is 0 Å². The third-order valence-corrected chi connectivity index (χ3v) is 3.95. The molecule has 1 saturated carbocycles. The van der Waals surface area contributed by atoms with E-state index >= 15 is 0 Å². The maximum absolute atomic E-state index is 10.6. The Morgan fingerprint density at radius 2 is 2.14 bits per heavy atom. The molecule has 5 nitrogen and oxygen atoms in total. The van der Waals surface area contributed by atoms with E-state index < -0.39 is 6.09 Å². The van der Waals surface area contributed by atoms with Crippen LogP contribution in [-0.4, -0.2) is 12.7 Å². The molecule has 0 bridgehead atoms. The van der Waals surface area contributed by atoms with Crippen LogP contribution in [0.3, 0.4) is 0 Å². The summed E-state index contributed by atoms with van der Waals surface area (Å²) in [5.41, 5.74) is 8.16. The van der Waals surface area contributed by atoms with E-state index in [0.717, 1.165) is 24.2 Å². The van der Waals surface area contributed by atoms with Gasteiger partial charge in [-0.2, -0.15) is 10.2 Å². The van der Waals surface area contributed by atoms with Crippen LogP contribution in [0.4, 0.5) is 4.79 Å². The lowest BCUT2D eigenvalue weighted by Gasteiger charge is -2.27. The number of nitrogens with zero attached hydrogens (tertiary/aromatic N) is 2. The third kappa shape index (κ3) is 4.41. The highest BCUT2D eigenvalue weighted by Crippen LogP contribution is 2.39. The molecule has 5 heteroatoms. The largest absolute Gasteiger partial charge is 0.445 e. The molecule has 1 aliphatic carbocycles. The topological polar surface area (TPSA) is 77.0 Å². The molecule has 0 spiro atoms. The Hall–Kier alpha value is -2.17. The highest BCUT2D eigenvalue weighted by atomic mass is 16.5. The van der Waals surface area contributed by atoms with Crippen molar-refractivity contribution in [3.63, 3.8) is 0 Å². The molecule has 2 rings (SSSR count). The van der Waals surface area contributed by atoms with Gasteiger partial charge in [0.2, 0.25) is 0 Å². The molecular weight excluding hydrogens is 278 g/mol. The molecule has 0 aromatic rings. The number of amides is 1. The predicted octanol–water partition coefficient (Wildman–Crippen LogP) is 4.40. The van der Waals surface area contributed by atoms with Gasteiger partial charge in [0, 0.05) is 5.92 Å². The standard InChI is InChI=1S/C17H23N3O2/c1-2-8-15-13-9-5-3-4-6-10-14(13)16(20-19-15)11-7-12-22-17(18)21/h2,7-8,11,13H,1,3-6,9-10,12H2,(H2,18,21)/b11-7-,15-8+. The summed E-state index contributed by atoms with van der Waals surface area (Å²) < 4.78 is 4.71. The molecular formula is C17H23N3O2. The molecule has 0 aromatic heterocycles. The zero-order valence-corrected chi connectivity index (χ0v) is 12.8. The van der Waals surface area contributed by atoms with E-state index in [4.69, 9.17) is 10.5 Å². The van der Waals surface area contributed by atoms with Crippen LogP contribution in [0.25, 0.3) is 0 Å². The van der Waals surface area contributed by atoms with Gasteiger partial charge in [-0.05, 0) is 43.1 Å². The van der Waals surface area contributed by atoms with Crippen molar-refractivity contribution in [2.45, 2.75) is 38.5 Å². The smallest absolute Gasteiger partial charge is 0.404 e. The van der Waals surface area contributed by atoms with Crippen molar-refractivity contribution in [1.82, 2.24) is 0 Å². The van der Waals surface area contributed by atoms with Gasteiger partial charge in [-0.1, -0.05) is 31.9 Å². The first-order valence-electron chi connectivity index (χ1n) is 7.78. The van der Waals surface area contributed by atoms with E-state index in [9.17, 15) is 4.79 Å². The lowest BCUT2D eigenvalue weighted by molar-refractivity contribution is 0.169. The van der Waals surface area contributed by atoms with Gasteiger partial charge in [0.1, 0.15) is 6.61 Å². The monoisotopic (exact) mass is 301 g/mol. The number of nitrogens with two attached hydrogens (primary N) is 1. The van der Waals surface area contributed by atoms with Crippen molar-refractivity contribution in [1.29, 1.82) is 0 Å². The minimum absolute atomic E-state index is 0.154. The molecule has 1 amide bonds. The van der Waals surface area contributed by atoms with Crippen LogP contribution < -0.4 is 5.73 Å². The lowest BCUT2D eigenvalue weighted by atomic mass is 9.82. The molecule has 1 unspecified atom stereocenters. The first-order valence-corrected chi connectivity index (χ1v) is 7.78. The average molecular weight is 301 g/mol. The van der Waals surface area contributed by atoms with E-state index in [1.807, 2.05) is 12.2 Å². The summed E-state index contributed by atoms with van der Waals surface area (Å²) in [6.07, 6.45) is 13.6. The van der Waals surface area contributed by atoms with Crippen molar-refractivity contribution in [2.24, 2.45) is 21.9 Å². The molecule has 1 fully saturated rings. The summed E-state index contributed by atoms with van der Waals surface area (Å²) in [5, 5.41) is 8.68. The molecule has 1 heterocycles. The van der Waals surface area contributed by atoms with Gasteiger partial charge >= 0.3 is 6.09 Å². The number of allylic oxidation sites excluding steroid dienone is 4. The van der Waals surface area contributed by atoms with Gasteiger partial charge in [0.25, 0.3) is 0 Å². The fourth-order valence-corrected chi connectivity index (χ4v) is 2.95. The highest BCUT2D eigenvalue weighted by Gasteiger charge is 2.25. The second kappa shape index (κ2) is 8.32. The van der Waals surface area contributed by atoms with Crippen molar-refractivity contribution in [3.8, 4) is 0 Å². The van der Waals surface area contributed by atoms with Gasteiger partial charge in [-0.15, -0.1) is 0 Å². The Balaban J connectivity index is 2.21. The SMILES string of the molecule is C=C/C=C1/N=NC(/C=C\COC(N)=O)=C2CCCCCCC21. The molecule has 1 aliphatic heterocycles. The number of carbonyl (C=O) groups excluding carboxylic acids is 1. The number of azo groups is 1. The summed E-state index contributed by atoms with van der Waals surface area (Å²) in [4.78, 5) is 10.6. The minimum atomic E-state index is -0.771. The van der Waals surface area contributed by atoms with Crippen LogP contribution >= 0.6 is 0 Å². The summed E-state index contributed by atoms with van der Waals surface area (Å²) in [6.45, 7) is 3.92. The third-order valence-electron chi connectivity index (χ3n) is 3.95. The number of carbonyl (C=O) groups is 1. The fraction of sp³-hybridized carbons (Fsp3) is 0.471. The quantitative estimate of drug-likeness (QED) is 0.835. The molecule has 2 aliphatic rings. The molecule has 0 radical (unpaired) electrons. The Labute approximate surface area is 131 Å². The van der Waals surface area contributed by atoms with Crippen LogP contribution in [0.5, 0.6) is 0 Å². The van der Waals surface area contributed by atoms with Crippen LogP contribution in [0.2, 0.25) is 0 Å². The number of hydrogen-bond donors (Lipinski definition) is 1. The zero-order chi connectivity index (χ0) is 15.8. The first kappa shape index (κ1) is 16.2. The number of fused-ring (bicyclic) bond motifs is 1. The van der Waals surface area contributed by atoms with Crippen molar-refractivity contribution in [3.05, 3.63) is 47.9 Å². The summed E-state index contributed by atoms with van der Waals surface area (Å²) in [6, 6.07) is 0. The number of hydrogen-bond acceptors (Lipinski definition) is 4. The normalized spacial score (nSPS) is 24.0. The van der Waals surface area contributed by atoms with E-state index in [2.05, 4.69) is 16.8 Å². The summed E-state index contributed by atoms with van der Waals surface area (Å²) >= 11 is 0. The highest BCUT2D eigenvalue weighted by molar-refractivity contribution is 5.64. The van der Waals surface area contributed by atoms with Gasteiger partial charge in [0.05, 0.1) is 11.4 Å². The van der Waals surface area contributed by atoms with Gasteiger partial charge in [-0.25, -0.2) is 4.79 Å². The Morgan fingerprint density at radius 3 is 2.91 bits per heavy atom. The van der Waals surface area contributed by atoms with Crippen molar-refractivity contribution >= 4 is 6.09 Å². The van der Waals surface area contributed by atoms with E-state index in [-0.39, 0.29) is 6.61 Å². The molecule has 2 N–H and O–H groups in total. The summed E-state index contributed by atoms with van der Waals surface area (Å²) in [5.74, 6) is 0.326. The Kier molecular flexibility index (Phi) is 6.13. The Morgan fingerprint density at radius 1 is 1.32 bits per heavy atom. The second-order valence-corrected chi connectivity index (χ2v) is 5.48. The minimum Gasteiger partial charge on any atom is -0.445 e. The predicted molar refractivity (Wildman–Crippen MR) is 86.0 cm³/mol. The van der Waals surface area contributed by atoms with Crippen LogP contribution in [-0.2, 0) is 4.74 Å². The fourth-order valence-electron chi connectivity index (χ4n) is 2.95. The number of ether oxygens (including phenoxy) is 1. The zero-order valence-electron chi connectivity index (χ0n) is 12.8. The molecule has 0 saturated heterocycles. The van der Waals surface area contributed by atoms with E-state index in [1.54, 1.807) is 12.2 Å². The van der Waals surface area contributed by atoms with Crippen LogP contribution in [0.1, 0.15) is 38.5 Å². The lowest BCUT2D eigenvalue weighted by Crippen LogP contribution is -2.14. The molecule has 1 atom stereocenters. The number of primary amides is 1. The average Bonchev–Trinajstić information content (AvgIpc) is 2.46. The Bertz CT molecular complexity index is 544. The van der Waals surface area contributed by atoms with Gasteiger partial charge < -0.3 is 10.5 Å². The van der Waals surface area contributed by atoms with E-state index in [0.29, 0.717) is 5.92 Å². The van der Waals surface area contributed by atoms with E-state index in [1.165, 1.54) is 31.3 Å². The van der Waals surface area contributed by atoms with Crippen molar-refractivity contribution in [2.75, 3.05) is 6.61 Å². The van der Waals surface area contributed by atoms with Gasteiger partial charge in [0.15, 0.2) is 0 Å². The second-order valence-electron chi connectivity index (χ2n) is 5.48. The number of rotatable bonds is 4.